The lowest BCUT2D eigenvalue weighted by Crippen LogP contribution is -2.24. The van der Waals surface area contributed by atoms with E-state index < -0.39 is 0 Å². The Labute approximate surface area is 171 Å². The highest BCUT2D eigenvalue weighted by Gasteiger charge is 2.18. The maximum atomic E-state index is 12.7. The van der Waals surface area contributed by atoms with E-state index in [4.69, 9.17) is 25.8 Å². The molecule has 0 bridgehead atoms. The van der Waals surface area contributed by atoms with Crippen molar-refractivity contribution >= 4 is 28.8 Å². The molecule has 2 aromatic carbocycles. The Kier molecular flexibility index (Phi) is 5.64. The average molecular weight is 417 g/mol. The zero-order chi connectivity index (χ0) is 19.3. The average Bonchev–Trinajstić information content (AvgIpc) is 3.24. The van der Waals surface area contributed by atoms with Crippen molar-refractivity contribution in [3.05, 3.63) is 69.1 Å². The Morgan fingerprint density at radius 1 is 1.25 bits per heavy atom. The van der Waals surface area contributed by atoms with Gasteiger partial charge in [-0.3, -0.25) is 4.79 Å². The van der Waals surface area contributed by atoms with Gasteiger partial charge in [-0.05, 0) is 29.8 Å². The minimum Gasteiger partial charge on any atom is -0.486 e. The van der Waals surface area contributed by atoms with E-state index in [2.05, 4.69) is 10.3 Å². The third-order valence-corrected chi connectivity index (χ3v) is 5.02. The standard InChI is InChI=1S/C20H17ClN2O4S/c21-16-7-13(8-18-19(16)26-6-5-25-18)9-22-20(24)15-3-1-2-4-17(15)27-10-14-11-28-12-23-14/h1-4,7-8,11-12H,5-6,9-10H2,(H,22,24). The van der Waals surface area contributed by atoms with Crippen molar-refractivity contribution in [1.82, 2.24) is 10.3 Å². The molecule has 0 unspecified atom stereocenters. The zero-order valence-corrected chi connectivity index (χ0v) is 16.4. The van der Waals surface area contributed by atoms with Crippen LogP contribution in [0.4, 0.5) is 0 Å². The summed E-state index contributed by atoms with van der Waals surface area (Å²) in [5, 5.41) is 5.27. The molecule has 28 heavy (non-hydrogen) atoms. The van der Waals surface area contributed by atoms with Gasteiger partial charge in [0.15, 0.2) is 11.5 Å². The summed E-state index contributed by atoms with van der Waals surface area (Å²) in [7, 11) is 0. The summed E-state index contributed by atoms with van der Waals surface area (Å²) in [6, 6.07) is 10.7. The van der Waals surface area contributed by atoms with Crippen LogP contribution in [-0.4, -0.2) is 24.1 Å². The summed E-state index contributed by atoms with van der Waals surface area (Å²) < 4.78 is 16.9. The number of nitrogens with one attached hydrogen (secondary N) is 1. The smallest absolute Gasteiger partial charge is 0.255 e. The topological polar surface area (TPSA) is 69.7 Å². The molecule has 0 aliphatic carbocycles. The van der Waals surface area contributed by atoms with E-state index in [9.17, 15) is 4.79 Å². The fourth-order valence-corrected chi connectivity index (χ4v) is 3.62. The van der Waals surface area contributed by atoms with Crippen LogP contribution in [0.5, 0.6) is 17.2 Å². The van der Waals surface area contributed by atoms with Gasteiger partial charge in [0.1, 0.15) is 25.6 Å². The van der Waals surface area contributed by atoms with Crippen LogP contribution in [0.2, 0.25) is 5.02 Å². The van der Waals surface area contributed by atoms with Gasteiger partial charge in [0.2, 0.25) is 0 Å². The summed E-state index contributed by atoms with van der Waals surface area (Å²) in [5.74, 6) is 1.41. The van der Waals surface area contributed by atoms with Crippen LogP contribution >= 0.6 is 22.9 Å². The minimum atomic E-state index is -0.236. The predicted molar refractivity (Wildman–Crippen MR) is 107 cm³/mol. The van der Waals surface area contributed by atoms with Crippen molar-refractivity contribution in [2.75, 3.05) is 13.2 Å². The van der Waals surface area contributed by atoms with E-state index in [1.165, 1.54) is 11.3 Å². The van der Waals surface area contributed by atoms with Crippen LogP contribution in [0.15, 0.2) is 47.3 Å². The van der Waals surface area contributed by atoms with Crippen LogP contribution in [0, 0.1) is 0 Å². The maximum Gasteiger partial charge on any atom is 0.255 e. The summed E-state index contributed by atoms with van der Waals surface area (Å²) in [4.78, 5) is 16.9. The van der Waals surface area contributed by atoms with E-state index in [-0.39, 0.29) is 5.91 Å². The molecule has 8 heteroatoms. The Hall–Kier alpha value is -2.77. The van der Waals surface area contributed by atoms with Gasteiger partial charge in [-0.2, -0.15) is 0 Å². The number of para-hydroxylation sites is 1. The molecular weight excluding hydrogens is 400 g/mol. The van der Waals surface area contributed by atoms with Crippen LogP contribution < -0.4 is 19.5 Å². The van der Waals surface area contributed by atoms with Crippen LogP contribution in [0.1, 0.15) is 21.6 Å². The normalized spacial score (nSPS) is 12.5. The molecular formula is C20H17ClN2O4S. The monoisotopic (exact) mass is 416 g/mol. The molecule has 4 rings (SSSR count). The van der Waals surface area contributed by atoms with Gasteiger partial charge in [0, 0.05) is 11.9 Å². The van der Waals surface area contributed by atoms with Crippen molar-refractivity contribution < 1.29 is 19.0 Å². The van der Waals surface area contributed by atoms with Gasteiger partial charge >= 0.3 is 0 Å². The number of benzene rings is 2. The van der Waals surface area contributed by atoms with Crippen LogP contribution in [-0.2, 0) is 13.2 Å². The van der Waals surface area contributed by atoms with E-state index >= 15 is 0 Å². The second-order valence-corrected chi connectivity index (χ2v) is 7.18. The molecule has 1 aliphatic rings. The van der Waals surface area contributed by atoms with Crippen LogP contribution in [0.25, 0.3) is 0 Å². The highest BCUT2D eigenvalue weighted by molar-refractivity contribution is 7.07. The number of fused-ring (bicyclic) bond motifs is 1. The largest absolute Gasteiger partial charge is 0.486 e. The molecule has 144 valence electrons. The molecule has 1 amide bonds. The fraction of sp³-hybridized carbons (Fsp3) is 0.200. The Balaban J connectivity index is 1.43. The number of carbonyl (C=O) groups is 1. The van der Waals surface area contributed by atoms with E-state index in [0.717, 1.165) is 11.3 Å². The SMILES string of the molecule is O=C(NCc1cc(Cl)c2c(c1)OCCO2)c1ccccc1OCc1cscn1. The number of ether oxygens (including phenoxy) is 3. The van der Waals surface area contributed by atoms with Gasteiger partial charge in [0.05, 0.1) is 21.8 Å². The Morgan fingerprint density at radius 3 is 2.96 bits per heavy atom. The summed E-state index contributed by atoms with van der Waals surface area (Å²) in [6.45, 7) is 1.56. The second-order valence-electron chi connectivity index (χ2n) is 6.05. The van der Waals surface area contributed by atoms with Gasteiger partial charge < -0.3 is 19.5 Å². The van der Waals surface area contributed by atoms with Crippen molar-refractivity contribution in [3.8, 4) is 17.2 Å². The van der Waals surface area contributed by atoms with Crippen molar-refractivity contribution in [2.45, 2.75) is 13.2 Å². The van der Waals surface area contributed by atoms with E-state index in [1.807, 2.05) is 17.5 Å². The molecule has 2 heterocycles. The number of nitrogens with zero attached hydrogens (tertiary/aromatic N) is 1. The third kappa shape index (κ3) is 4.21. The number of rotatable bonds is 6. The number of carbonyl (C=O) groups excluding carboxylic acids is 1. The first-order valence-corrected chi connectivity index (χ1v) is 9.98. The van der Waals surface area contributed by atoms with Crippen LogP contribution in [0.3, 0.4) is 0 Å². The molecule has 0 spiro atoms. The zero-order valence-electron chi connectivity index (χ0n) is 14.8. The lowest BCUT2D eigenvalue weighted by Gasteiger charge is -2.20. The Bertz CT molecular complexity index is 978. The first-order chi connectivity index (χ1) is 13.7. The van der Waals surface area contributed by atoms with Crippen molar-refractivity contribution in [3.63, 3.8) is 0 Å². The molecule has 0 radical (unpaired) electrons. The second kappa shape index (κ2) is 8.50. The summed E-state index contributed by atoms with van der Waals surface area (Å²) in [6.07, 6.45) is 0. The number of thiazole rings is 1. The molecule has 1 aromatic heterocycles. The molecule has 0 fully saturated rings. The third-order valence-electron chi connectivity index (χ3n) is 4.10. The number of hydrogen-bond acceptors (Lipinski definition) is 6. The molecule has 0 saturated heterocycles. The van der Waals surface area contributed by atoms with Gasteiger partial charge in [-0.15, -0.1) is 11.3 Å². The molecule has 6 nitrogen and oxygen atoms in total. The maximum absolute atomic E-state index is 12.7. The van der Waals surface area contributed by atoms with Gasteiger partial charge in [-0.25, -0.2) is 4.98 Å². The number of halogens is 1. The van der Waals surface area contributed by atoms with Crippen molar-refractivity contribution in [2.24, 2.45) is 0 Å². The highest BCUT2D eigenvalue weighted by atomic mass is 35.5. The number of amides is 1. The minimum absolute atomic E-state index is 0.236. The summed E-state index contributed by atoms with van der Waals surface area (Å²) in [5.41, 5.74) is 3.85. The van der Waals surface area contributed by atoms with Crippen molar-refractivity contribution in [1.29, 1.82) is 0 Å². The Morgan fingerprint density at radius 2 is 2.11 bits per heavy atom. The summed E-state index contributed by atoms with van der Waals surface area (Å²) >= 11 is 7.75. The van der Waals surface area contributed by atoms with Gasteiger partial charge in [-0.1, -0.05) is 23.7 Å². The molecule has 1 N–H and O–H groups in total. The molecule has 0 saturated carbocycles. The lowest BCUT2D eigenvalue weighted by atomic mass is 10.1. The fourth-order valence-electron chi connectivity index (χ4n) is 2.78. The first kappa shape index (κ1) is 18.6. The first-order valence-electron chi connectivity index (χ1n) is 8.66. The molecule has 3 aromatic rings. The number of hydrogen-bond donors (Lipinski definition) is 1. The predicted octanol–water partition coefficient (Wildman–Crippen LogP) is 4.08. The highest BCUT2D eigenvalue weighted by Crippen LogP contribution is 2.38. The van der Waals surface area contributed by atoms with Gasteiger partial charge in [0.25, 0.3) is 5.91 Å². The quantitative estimate of drug-likeness (QED) is 0.655. The van der Waals surface area contributed by atoms with E-state index in [0.29, 0.717) is 54.2 Å². The molecule has 1 aliphatic heterocycles. The molecule has 0 atom stereocenters. The van der Waals surface area contributed by atoms with E-state index in [1.54, 1.807) is 29.8 Å². The number of aromatic nitrogens is 1. The lowest BCUT2D eigenvalue weighted by molar-refractivity contribution is 0.0946.